The molecular weight excluding hydrogens is 348 g/mol. The van der Waals surface area contributed by atoms with Gasteiger partial charge in [0.25, 0.3) is 5.56 Å². The molecule has 3 heterocycles. The zero-order valence-corrected chi connectivity index (χ0v) is 16.0. The maximum Gasteiger partial charge on any atom is 0.291 e. The zero-order chi connectivity index (χ0) is 18.3. The third-order valence-electron chi connectivity index (χ3n) is 5.50. The molecular formula is C19H24N4O2S. The van der Waals surface area contributed by atoms with Crippen LogP contribution in [0.5, 0.6) is 0 Å². The van der Waals surface area contributed by atoms with Gasteiger partial charge >= 0.3 is 0 Å². The summed E-state index contributed by atoms with van der Waals surface area (Å²) in [6.45, 7) is 3.90. The summed E-state index contributed by atoms with van der Waals surface area (Å²) in [6, 6.07) is 4.02. The van der Waals surface area contributed by atoms with Gasteiger partial charge < -0.3 is 5.32 Å². The molecule has 138 valence electrons. The third-order valence-corrected chi connectivity index (χ3v) is 6.36. The Bertz CT molecular complexity index is 1010. The average molecular weight is 372 g/mol. The van der Waals surface area contributed by atoms with E-state index in [1.807, 2.05) is 28.8 Å². The number of aryl methyl sites for hydroxylation is 1. The minimum atomic E-state index is -0.223. The Morgan fingerprint density at radius 3 is 2.88 bits per heavy atom. The SMILES string of the molecule is Cc1nn(CC(=O)NC(C)C2CCCCC2)c(=O)c2cc3sccc3n12. The second kappa shape index (κ2) is 6.87. The molecule has 3 aromatic rings. The van der Waals surface area contributed by atoms with Gasteiger partial charge in [0.05, 0.1) is 10.2 Å². The highest BCUT2D eigenvalue weighted by molar-refractivity contribution is 7.17. The minimum Gasteiger partial charge on any atom is -0.352 e. The van der Waals surface area contributed by atoms with Crippen molar-refractivity contribution in [2.75, 3.05) is 0 Å². The Balaban J connectivity index is 1.55. The van der Waals surface area contributed by atoms with Crippen LogP contribution in [0.25, 0.3) is 15.7 Å². The van der Waals surface area contributed by atoms with Crippen molar-refractivity contribution in [1.29, 1.82) is 0 Å². The highest BCUT2D eigenvalue weighted by Gasteiger charge is 2.22. The van der Waals surface area contributed by atoms with Crippen LogP contribution in [-0.2, 0) is 11.3 Å². The van der Waals surface area contributed by atoms with Gasteiger partial charge in [-0.05, 0) is 50.1 Å². The molecule has 3 aromatic heterocycles. The number of hydrogen-bond acceptors (Lipinski definition) is 4. The van der Waals surface area contributed by atoms with E-state index < -0.39 is 0 Å². The van der Waals surface area contributed by atoms with Crippen LogP contribution >= 0.6 is 11.3 Å². The average Bonchev–Trinajstić information content (AvgIpc) is 3.21. The van der Waals surface area contributed by atoms with Crippen molar-refractivity contribution in [3.63, 3.8) is 0 Å². The van der Waals surface area contributed by atoms with Crippen LogP contribution in [0.4, 0.5) is 0 Å². The highest BCUT2D eigenvalue weighted by atomic mass is 32.1. The first kappa shape index (κ1) is 17.3. The van der Waals surface area contributed by atoms with Crippen LogP contribution in [0.1, 0.15) is 44.9 Å². The van der Waals surface area contributed by atoms with E-state index >= 15 is 0 Å². The van der Waals surface area contributed by atoms with Crippen molar-refractivity contribution < 1.29 is 4.79 Å². The fraction of sp³-hybridized carbons (Fsp3) is 0.526. The number of amides is 1. The van der Waals surface area contributed by atoms with Gasteiger partial charge in [-0.2, -0.15) is 5.10 Å². The predicted molar refractivity (Wildman–Crippen MR) is 104 cm³/mol. The van der Waals surface area contributed by atoms with E-state index in [-0.39, 0.29) is 24.1 Å². The number of nitrogens with zero attached hydrogens (tertiary/aromatic N) is 3. The van der Waals surface area contributed by atoms with E-state index in [9.17, 15) is 9.59 Å². The molecule has 0 radical (unpaired) electrons. The van der Waals surface area contributed by atoms with E-state index in [1.165, 1.54) is 36.8 Å². The van der Waals surface area contributed by atoms with E-state index in [0.29, 0.717) is 17.3 Å². The van der Waals surface area contributed by atoms with Gasteiger partial charge in [0, 0.05) is 6.04 Å². The van der Waals surface area contributed by atoms with Crippen LogP contribution < -0.4 is 10.9 Å². The van der Waals surface area contributed by atoms with Crippen LogP contribution in [0.15, 0.2) is 22.3 Å². The van der Waals surface area contributed by atoms with Gasteiger partial charge in [-0.15, -0.1) is 11.3 Å². The summed E-state index contributed by atoms with van der Waals surface area (Å²) in [5, 5.41) is 9.45. The topological polar surface area (TPSA) is 68.4 Å². The van der Waals surface area contributed by atoms with Crippen LogP contribution in [0.3, 0.4) is 0 Å². The Hall–Kier alpha value is -2.15. The first-order valence-corrected chi connectivity index (χ1v) is 10.2. The maximum atomic E-state index is 12.8. The molecule has 1 N–H and O–H groups in total. The first-order chi connectivity index (χ1) is 12.5. The van der Waals surface area contributed by atoms with Gasteiger partial charge in [-0.3, -0.25) is 14.0 Å². The quantitative estimate of drug-likeness (QED) is 0.765. The molecule has 7 heteroatoms. The van der Waals surface area contributed by atoms with Crippen molar-refractivity contribution in [3.8, 4) is 0 Å². The summed E-state index contributed by atoms with van der Waals surface area (Å²) in [5.74, 6) is 1.11. The molecule has 1 amide bonds. The van der Waals surface area contributed by atoms with Gasteiger partial charge in [0.15, 0.2) is 0 Å². The number of aromatic nitrogens is 3. The first-order valence-electron chi connectivity index (χ1n) is 9.30. The largest absolute Gasteiger partial charge is 0.352 e. The molecule has 1 aliphatic rings. The molecule has 0 bridgehead atoms. The fourth-order valence-electron chi connectivity index (χ4n) is 4.12. The maximum absolute atomic E-state index is 12.8. The molecule has 6 nitrogen and oxygen atoms in total. The standard InChI is InChI=1S/C19H24N4O2S/c1-12(14-6-4-3-5-7-14)20-18(24)11-22-19(25)16-10-17-15(8-9-26-17)23(16)13(2)21-22/h8-10,12,14H,3-7,11H2,1-2H3,(H,20,24). The third kappa shape index (κ3) is 3.05. The molecule has 26 heavy (non-hydrogen) atoms. The Morgan fingerprint density at radius 2 is 2.12 bits per heavy atom. The summed E-state index contributed by atoms with van der Waals surface area (Å²) < 4.78 is 4.21. The molecule has 0 aromatic carbocycles. The number of hydrogen-bond donors (Lipinski definition) is 1. The van der Waals surface area contributed by atoms with Crippen molar-refractivity contribution in [2.24, 2.45) is 5.92 Å². The number of thiophene rings is 1. The second-order valence-electron chi connectivity index (χ2n) is 7.30. The lowest BCUT2D eigenvalue weighted by Gasteiger charge is -2.28. The normalized spacial score (nSPS) is 17.0. The summed E-state index contributed by atoms with van der Waals surface area (Å²) >= 11 is 1.60. The van der Waals surface area contributed by atoms with E-state index in [2.05, 4.69) is 17.3 Å². The number of rotatable bonds is 4. The summed E-state index contributed by atoms with van der Waals surface area (Å²) in [7, 11) is 0. The summed E-state index contributed by atoms with van der Waals surface area (Å²) in [4.78, 5) is 25.2. The monoisotopic (exact) mass is 372 g/mol. The zero-order valence-electron chi connectivity index (χ0n) is 15.2. The molecule has 0 spiro atoms. The Morgan fingerprint density at radius 1 is 1.35 bits per heavy atom. The van der Waals surface area contributed by atoms with Gasteiger partial charge in [0.1, 0.15) is 17.9 Å². The van der Waals surface area contributed by atoms with Crippen LogP contribution in [-0.4, -0.2) is 26.1 Å². The van der Waals surface area contributed by atoms with Crippen molar-refractivity contribution in [3.05, 3.63) is 33.7 Å². The Labute approximate surface area is 155 Å². The van der Waals surface area contributed by atoms with E-state index in [1.54, 1.807) is 11.3 Å². The lowest BCUT2D eigenvalue weighted by molar-refractivity contribution is -0.123. The molecule has 0 saturated heterocycles. The van der Waals surface area contributed by atoms with E-state index in [0.717, 1.165) is 10.2 Å². The molecule has 1 atom stereocenters. The number of carbonyl (C=O) groups excluding carboxylic acids is 1. The van der Waals surface area contributed by atoms with Gasteiger partial charge in [-0.1, -0.05) is 19.3 Å². The number of fused-ring (bicyclic) bond motifs is 3. The molecule has 4 rings (SSSR count). The number of nitrogens with one attached hydrogen (secondary N) is 1. The number of carbonyl (C=O) groups is 1. The van der Waals surface area contributed by atoms with Crippen molar-refractivity contribution in [2.45, 2.75) is 58.5 Å². The van der Waals surface area contributed by atoms with Gasteiger partial charge in [-0.25, -0.2) is 4.68 Å². The molecule has 1 unspecified atom stereocenters. The highest BCUT2D eigenvalue weighted by Crippen LogP contribution is 2.26. The smallest absolute Gasteiger partial charge is 0.291 e. The van der Waals surface area contributed by atoms with Gasteiger partial charge in [0.2, 0.25) is 5.91 Å². The summed E-state index contributed by atoms with van der Waals surface area (Å²) in [6.07, 6.45) is 6.13. The summed E-state index contributed by atoms with van der Waals surface area (Å²) in [5.41, 5.74) is 1.35. The molecule has 0 aliphatic heterocycles. The minimum absolute atomic E-state index is 0.0357. The van der Waals surface area contributed by atoms with E-state index in [4.69, 9.17) is 0 Å². The second-order valence-corrected chi connectivity index (χ2v) is 8.25. The Kier molecular flexibility index (Phi) is 4.56. The fourth-order valence-corrected chi connectivity index (χ4v) is 4.93. The van der Waals surface area contributed by atoms with Crippen LogP contribution in [0.2, 0.25) is 0 Å². The molecule has 1 fully saturated rings. The van der Waals surface area contributed by atoms with Crippen molar-refractivity contribution in [1.82, 2.24) is 19.5 Å². The lowest BCUT2D eigenvalue weighted by atomic mass is 9.84. The molecule has 1 aliphatic carbocycles. The lowest BCUT2D eigenvalue weighted by Crippen LogP contribution is -2.42. The van der Waals surface area contributed by atoms with Crippen LogP contribution in [0, 0.1) is 12.8 Å². The van der Waals surface area contributed by atoms with Crippen molar-refractivity contribution >= 4 is 33.0 Å². The predicted octanol–water partition coefficient (Wildman–Crippen LogP) is 3.10. The molecule has 1 saturated carbocycles.